The summed E-state index contributed by atoms with van der Waals surface area (Å²) in [6.45, 7) is 1.48. The van der Waals surface area contributed by atoms with E-state index in [1.54, 1.807) is 0 Å². The highest BCUT2D eigenvalue weighted by molar-refractivity contribution is 5.97. The van der Waals surface area contributed by atoms with Crippen LogP contribution in [0.2, 0.25) is 0 Å². The monoisotopic (exact) mass is 632 g/mol. The lowest BCUT2D eigenvalue weighted by atomic mass is 10.0. The van der Waals surface area contributed by atoms with E-state index in [-0.39, 0.29) is 36.6 Å². The molecule has 5 rings (SSSR count). The number of carbonyl (C=O) groups excluding carboxylic acids is 1. The maximum atomic E-state index is 13.7. The van der Waals surface area contributed by atoms with Crippen LogP contribution in [0.3, 0.4) is 0 Å². The molecule has 0 atom stereocenters. The van der Waals surface area contributed by atoms with Crippen LogP contribution in [0.15, 0.2) is 84.9 Å². The molecule has 0 aliphatic carbocycles. The first-order valence-electron chi connectivity index (χ1n) is 14.6. The molecule has 0 radical (unpaired) electrons. The molecular formula is C35H42Cl2N6O. The van der Waals surface area contributed by atoms with E-state index in [0.29, 0.717) is 13.0 Å². The molecule has 0 bridgehead atoms. The molecule has 5 aromatic rings. The van der Waals surface area contributed by atoms with Crippen molar-refractivity contribution in [3.63, 3.8) is 0 Å². The Hall–Kier alpha value is -3.91. The van der Waals surface area contributed by atoms with Gasteiger partial charge in [-0.15, -0.1) is 24.8 Å². The van der Waals surface area contributed by atoms with Gasteiger partial charge < -0.3 is 20.1 Å². The van der Waals surface area contributed by atoms with Gasteiger partial charge >= 0.3 is 0 Å². The van der Waals surface area contributed by atoms with Crippen molar-refractivity contribution in [1.29, 1.82) is 5.41 Å². The SMILES string of the molecule is CN(C)CCCCC(=O)N(Cc1cccc2ccccc12)c1ccc2c(c1)nc(CCc1ccc(C(=N)N)cc1)n2C.Cl.Cl. The molecule has 0 aliphatic rings. The molecule has 3 N–H and O–H groups in total. The van der Waals surface area contributed by atoms with Gasteiger partial charge in [0.2, 0.25) is 5.91 Å². The number of aryl methyl sites for hydroxylation is 3. The van der Waals surface area contributed by atoms with Crippen molar-refractivity contribution in [1.82, 2.24) is 14.5 Å². The van der Waals surface area contributed by atoms with Gasteiger partial charge in [-0.05, 0) is 80.0 Å². The Morgan fingerprint density at radius 3 is 2.36 bits per heavy atom. The van der Waals surface area contributed by atoms with Crippen molar-refractivity contribution in [2.75, 3.05) is 25.5 Å². The third kappa shape index (κ3) is 8.17. The first-order chi connectivity index (χ1) is 20.3. The molecule has 44 heavy (non-hydrogen) atoms. The number of nitrogens with one attached hydrogen (secondary N) is 1. The van der Waals surface area contributed by atoms with E-state index in [1.165, 1.54) is 16.3 Å². The van der Waals surface area contributed by atoms with Crippen LogP contribution in [0.4, 0.5) is 5.69 Å². The number of amidine groups is 1. The number of nitrogen functional groups attached to an aromatic ring is 1. The van der Waals surface area contributed by atoms with Crippen LogP contribution < -0.4 is 10.6 Å². The number of amides is 1. The summed E-state index contributed by atoms with van der Waals surface area (Å²) < 4.78 is 2.14. The Labute approximate surface area is 272 Å². The van der Waals surface area contributed by atoms with E-state index < -0.39 is 0 Å². The fourth-order valence-electron chi connectivity index (χ4n) is 5.50. The Bertz CT molecular complexity index is 1710. The summed E-state index contributed by atoms with van der Waals surface area (Å²) in [4.78, 5) is 22.8. The first kappa shape index (κ1) is 34.6. The van der Waals surface area contributed by atoms with Crippen LogP contribution >= 0.6 is 24.8 Å². The number of halogens is 2. The third-order valence-electron chi connectivity index (χ3n) is 7.93. The summed E-state index contributed by atoms with van der Waals surface area (Å²) in [5, 5.41) is 9.94. The van der Waals surface area contributed by atoms with E-state index >= 15 is 0 Å². The minimum atomic E-state index is 0. The average Bonchev–Trinajstić information content (AvgIpc) is 3.31. The maximum Gasteiger partial charge on any atom is 0.227 e. The van der Waals surface area contributed by atoms with E-state index in [2.05, 4.69) is 78.2 Å². The molecule has 1 heterocycles. The summed E-state index contributed by atoms with van der Waals surface area (Å²) in [5.41, 5.74) is 11.4. The molecule has 0 unspecified atom stereocenters. The zero-order chi connectivity index (χ0) is 29.6. The molecule has 0 saturated heterocycles. The number of anilines is 1. The second-order valence-corrected chi connectivity index (χ2v) is 11.2. The predicted molar refractivity (Wildman–Crippen MR) is 188 cm³/mol. The van der Waals surface area contributed by atoms with E-state index in [1.807, 2.05) is 42.3 Å². The number of imidazole rings is 1. The molecule has 1 aromatic heterocycles. The van der Waals surface area contributed by atoms with Crippen molar-refractivity contribution < 1.29 is 4.79 Å². The van der Waals surface area contributed by atoms with Gasteiger partial charge in [0.1, 0.15) is 11.7 Å². The molecule has 0 aliphatic heterocycles. The van der Waals surface area contributed by atoms with Gasteiger partial charge in [-0.2, -0.15) is 0 Å². The fourth-order valence-corrected chi connectivity index (χ4v) is 5.50. The highest BCUT2D eigenvalue weighted by Gasteiger charge is 2.19. The summed E-state index contributed by atoms with van der Waals surface area (Å²) in [5.74, 6) is 1.20. The molecule has 0 fully saturated rings. The largest absolute Gasteiger partial charge is 0.384 e. The zero-order valence-corrected chi connectivity index (χ0v) is 27.3. The Morgan fingerprint density at radius 2 is 1.64 bits per heavy atom. The molecule has 0 saturated carbocycles. The summed E-state index contributed by atoms with van der Waals surface area (Å²) in [6.07, 6.45) is 3.96. The lowest BCUT2D eigenvalue weighted by molar-refractivity contribution is -0.118. The lowest BCUT2D eigenvalue weighted by Crippen LogP contribution is -2.30. The van der Waals surface area contributed by atoms with Crippen LogP contribution in [0.25, 0.3) is 21.8 Å². The molecule has 4 aromatic carbocycles. The number of carbonyl (C=O) groups is 1. The standard InChI is InChI=1S/C35H40N6O.2ClH/c1-39(2)22-7-6-13-34(42)41(24-28-11-8-10-26-9-4-5-12-30(26)28)29-19-20-32-31(23-29)38-33(40(32)3)21-16-25-14-17-27(18-15-25)35(36)37;;/h4-5,8-12,14-15,17-20,23H,6-7,13,16,21-22,24H2,1-3H3,(H3,36,37);2*1H. The number of benzene rings is 4. The zero-order valence-electron chi connectivity index (χ0n) is 25.6. The molecular weight excluding hydrogens is 591 g/mol. The van der Waals surface area contributed by atoms with E-state index in [9.17, 15) is 4.79 Å². The van der Waals surface area contributed by atoms with Crippen molar-refractivity contribution in [2.24, 2.45) is 12.8 Å². The Morgan fingerprint density at radius 1 is 0.909 bits per heavy atom. The van der Waals surface area contributed by atoms with Gasteiger partial charge in [0.05, 0.1) is 17.6 Å². The van der Waals surface area contributed by atoms with Crippen molar-refractivity contribution >= 4 is 64.1 Å². The van der Waals surface area contributed by atoms with Gasteiger partial charge in [-0.25, -0.2) is 4.98 Å². The van der Waals surface area contributed by atoms with Gasteiger partial charge in [0.15, 0.2) is 0 Å². The molecule has 1 amide bonds. The van der Waals surface area contributed by atoms with Crippen molar-refractivity contribution in [2.45, 2.75) is 38.6 Å². The van der Waals surface area contributed by atoms with Gasteiger partial charge in [0, 0.05) is 31.1 Å². The number of unbranched alkanes of at least 4 members (excludes halogenated alkanes) is 1. The summed E-state index contributed by atoms with van der Waals surface area (Å²) >= 11 is 0. The van der Waals surface area contributed by atoms with Crippen molar-refractivity contribution in [3.8, 4) is 0 Å². The summed E-state index contributed by atoms with van der Waals surface area (Å²) in [7, 11) is 6.18. The van der Waals surface area contributed by atoms with Gasteiger partial charge in [0.25, 0.3) is 0 Å². The maximum absolute atomic E-state index is 13.7. The van der Waals surface area contributed by atoms with E-state index in [4.69, 9.17) is 16.1 Å². The van der Waals surface area contributed by atoms with Crippen LogP contribution in [0, 0.1) is 5.41 Å². The second-order valence-electron chi connectivity index (χ2n) is 11.2. The highest BCUT2D eigenvalue weighted by atomic mass is 35.5. The Kier molecular flexibility index (Phi) is 12.3. The van der Waals surface area contributed by atoms with Crippen LogP contribution in [-0.4, -0.2) is 46.8 Å². The van der Waals surface area contributed by atoms with Gasteiger partial charge in [-0.1, -0.05) is 66.7 Å². The van der Waals surface area contributed by atoms with Crippen LogP contribution in [0.5, 0.6) is 0 Å². The normalized spacial score (nSPS) is 10.9. The number of nitrogens with zero attached hydrogens (tertiary/aromatic N) is 4. The third-order valence-corrected chi connectivity index (χ3v) is 7.93. The number of fused-ring (bicyclic) bond motifs is 2. The number of rotatable bonds is 12. The minimum absolute atomic E-state index is 0. The summed E-state index contributed by atoms with van der Waals surface area (Å²) in [6, 6.07) is 28.7. The van der Waals surface area contributed by atoms with Crippen LogP contribution in [0.1, 0.15) is 41.8 Å². The van der Waals surface area contributed by atoms with E-state index in [0.717, 1.165) is 65.9 Å². The lowest BCUT2D eigenvalue weighted by Gasteiger charge is -2.24. The number of hydrogen-bond donors (Lipinski definition) is 2. The highest BCUT2D eigenvalue weighted by Crippen LogP contribution is 2.28. The minimum Gasteiger partial charge on any atom is -0.384 e. The quantitative estimate of drug-likeness (QED) is 0.0888. The number of nitrogens with two attached hydrogens (primary N) is 1. The fraction of sp³-hybridized carbons (Fsp3) is 0.286. The second kappa shape index (κ2) is 15.7. The van der Waals surface area contributed by atoms with Crippen molar-refractivity contribution in [3.05, 3.63) is 107 Å². The number of hydrogen-bond acceptors (Lipinski definition) is 4. The molecule has 0 spiro atoms. The first-order valence-corrected chi connectivity index (χ1v) is 14.6. The molecule has 7 nitrogen and oxygen atoms in total. The Balaban J connectivity index is 0.00000264. The predicted octanol–water partition coefficient (Wildman–Crippen LogP) is 6.90. The van der Waals surface area contributed by atoms with Crippen LogP contribution in [-0.2, 0) is 31.2 Å². The smallest absolute Gasteiger partial charge is 0.227 e. The topological polar surface area (TPSA) is 91.2 Å². The average molecular weight is 634 g/mol. The molecule has 9 heteroatoms. The molecule has 232 valence electrons. The van der Waals surface area contributed by atoms with Gasteiger partial charge in [-0.3, -0.25) is 10.2 Å². The number of aromatic nitrogens is 2.